The molecular weight excluding hydrogens is 332 g/mol. The molecular formula is C19H26N4O3. The van der Waals surface area contributed by atoms with Crippen molar-refractivity contribution in [2.45, 2.75) is 31.8 Å². The molecule has 3 rings (SSSR count). The van der Waals surface area contributed by atoms with Gasteiger partial charge in [0.15, 0.2) is 0 Å². The van der Waals surface area contributed by atoms with Crippen molar-refractivity contribution in [2.24, 2.45) is 5.92 Å². The van der Waals surface area contributed by atoms with Gasteiger partial charge >= 0.3 is 6.03 Å². The van der Waals surface area contributed by atoms with Gasteiger partial charge in [-0.05, 0) is 37.4 Å². The molecule has 0 unspecified atom stereocenters. The smallest absolute Gasteiger partial charge is 0.322 e. The molecule has 1 aromatic rings. The number of urea groups is 1. The van der Waals surface area contributed by atoms with Crippen molar-refractivity contribution >= 4 is 17.8 Å². The molecule has 0 aromatic heterocycles. The molecule has 2 aliphatic heterocycles. The number of hydrogen-bond acceptors (Lipinski definition) is 4. The summed E-state index contributed by atoms with van der Waals surface area (Å²) >= 11 is 0. The molecule has 7 nitrogen and oxygen atoms in total. The molecule has 0 spiro atoms. The standard InChI is InChI=1S/C19H26N4O3/c1-22(17(24)11-16-18(25)21-19(26)20-16)12-15-7-9-23(10-8-15)13-14-5-3-2-4-6-14/h2-6,15-16H,7-13H2,1H3,(H2,20,21,25,26)/t16-/m0/s1. The van der Waals surface area contributed by atoms with Gasteiger partial charge in [-0.3, -0.25) is 19.8 Å². The van der Waals surface area contributed by atoms with Crippen LogP contribution in [0.25, 0.3) is 0 Å². The number of carbonyl (C=O) groups is 3. The van der Waals surface area contributed by atoms with Crippen molar-refractivity contribution < 1.29 is 14.4 Å². The van der Waals surface area contributed by atoms with Crippen LogP contribution in [0.5, 0.6) is 0 Å². The molecule has 2 N–H and O–H groups in total. The van der Waals surface area contributed by atoms with E-state index in [0.29, 0.717) is 12.5 Å². The first-order valence-corrected chi connectivity index (χ1v) is 9.13. The highest BCUT2D eigenvalue weighted by Gasteiger charge is 2.32. The second kappa shape index (κ2) is 8.31. The number of rotatable bonds is 6. The average Bonchev–Trinajstić information content (AvgIpc) is 2.94. The molecule has 0 radical (unpaired) electrons. The van der Waals surface area contributed by atoms with Gasteiger partial charge in [0, 0.05) is 20.1 Å². The molecule has 2 saturated heterocycles. The highest BCUT2D eigenvalue weighted by atomic mass is 16.2. The monoisotopic (exact) mass is 358 g/mol. The van der Waals surface area contributed by atoms with E-state index in [1.165, 1.54) is 5.56 Å². The molecule has 0 saturated carbocycles. The molecule has 0 aliphatic carbocycles. The largest absolute Gasteiger partial charge is 0.345 e. The zero-order valence-electron chi connectivity index (χ0n) is 15.1. The first kappa shape index (κ1) is 18.4. The summed E-state index contributed by atoms with van der Waals surface area (Å²) in [5.41, 5.74) is 1.33. The zero-order chi connectivity index (χ0) is 18.5. The number of amides is 4. The summed E-state index contributed by atoms with van der Waals surface area (Å²) in [7, 11) is 1.77. The van der Waals surface area contributed by atoms with Gasteiger partial charge in [-0.1, -0.05) is 30.3 Å². The second-order valence-corrected chi connectivity index (χ2v) is 7.20. The topological polar surface area (TPSA) is 81.8 Å². The highest BCUT2D eigenvalue weighted by molar-refractivity contribution is 6.05. The number of imide groups is 1. The van der Waals surface area contributed by atoms with Crippen molar-refractivity contribution in [3.63, 3.8) is 0 Å². The maximum absolute atomic E-state index is 12.3. The zero-order valence-corrected chi connectivity index (χ0v) is 15.1. The van der Waals surface area contributed by atoms with Crippen molar-refractivity contribution in [1.82, 2.24) is 20.4 Å². The van der Waals surface area contributed by atoms with Gasteiger partial charge in [-0.25, -0.2) is 4.79 Å². The molecule has 7 heteroatoms. The van der Waals surface area contributed by atoms with E-state index in [0.717, 1.165) is 32.5 Å². The van der Waals surface area contributed by atoms with Gasteiger partial charge in [-0.15, -0.1) is 0 Å². The van der Waals surface area contributed by atoms with E-state index in [-0.39, 0.29) is 12.3 Å². The summed E-state index contributed by atoms with van der Waals surface area (Å²) < 4.78 is 0. The number of hydrogen-bond donors (Lipinski definition) is 2. The minimum absolute atomic E-state index is 0.0148. The third kappa shape index (κ3) is 4.82. The minimum atomic E-state index is -0.745. The third-order valence-corrected chi connectivity index (χ3v) is 5.15. The Hall–Kier alpha value is -2.41. The van der Waals surface area contributed by atoms with Crippen LogP contribution in [0.4, 0.5) is 4.79 Å². The van der Waals surface area contributed by atoms with E-state index >= 15 is 0 Å². The predicted octanol–water partition coefficient (Wildman–Crippen LogP) is 0.955. The Morgan fingerprint density at radius 2 is 1.88 bits per heavy atom. The van der Waals surface area contributed by atoms with Crippen LogP contribution >= 0.6 is 0 Å². The molecule has 4 amide bonds. The molecule has 1 atom stereocenters. The average molecular weight is 358 g/mol. The lowest BCUT2D eigenvalue weighted by Crippen LogP contribution is -2.41. The summed E-state index contributed by atoms with van der Waals surface area (Å²) in [6, 6.07) is 9.19. The fourth-order valence-electron chi connectivity index (χ4n) is 3.59. The number of carbonyl (C=O) groups excluding carboxylic acids is 3. The van der Waals surface area contributed by atoms with Gasteiger partial charge in [-0.2, -0.15) is 0 Å². The van der Waals surface area contributed by atoms with Crippen molar-refractivity contribution in [3.05, 3.63) is 35.9 Å². The number of piperidine rings is 1. The normalized spacial score (nSPS) is 21.3. The number of benzene rings is 1. The SMILES string of the molecule is CN(CC1CCN(Cc2ccccc2)CC1)C(=O)C[C@@H]1NC(=O)NC1=O. The molecule has 2 heterocycles. The molecule has 1 aromatic carbocycles. The van der Waals surface area contributed by atoms with Gasteiger partial charge in [0.1, 0.15) is 6.04 Å². The highest BCUT2D eigenvalue weighted by Crippen LogP contribution is 2.20. The second-order valence-electron chi connectivity index (χ2n) is 7.20. The van der Waals surface area contributed by atoms with Crippen molar-refractivity contribution in [2.75, 3.05) is 26.7 Å². The third-order valence-electron chi connectivity index (χ3n) is 5.15. The van der Waals surface area contributed by atoms with E-state index in [1.54, 1.807) is 11.9 Å². The quantitative estimate of drug-likeness (QED) is 0.742. The maximum atomic E-state index is 12.3. The summed E-state index contributed by atoms with van der Waals surface area (Å²) in [5.74, 6) is -0.0620. The first-order chi connectivity index (χ1) is 12.5. The van der Waals surface area contributed by atoms with Crippen molar-refractivity contribution in [1.29, 1.82) is 0 Å². The number of likely N-dealkylation sites (tertiary alicyclic amines) is 1. The minimum Gasteiger partial charge on any atom is -0.345 e. The van der Waals surface area contributed by atoms with Crippen LogP contribution in [0, 0.1) is 5.92 Å². The van der Waals surface area contributed by atoms with Crippen LogP contribution in [0.3, 0.4) is 0 Å². The van der Waals surface area contributed by atoms with E-state index in [4.69, 9.17) is 0 Å². The van der Waals surface area contributed by atoms with E-state index in [9.17, 15) is 14.4 Å². The lowest BCUT2D eigenvalue weighted by Gasteiger charge is -2.34. The molecule has 0 bridgehead atoms. The molecule has 2 fully saturated rings. The van der Waals surface area contributed by atoms with Crippen LogP contribution in [0.1, 0.15) is 24.8 Å². The van der Waals surface area contributed by atoms with Crippen LogP contribution in [-0.4, -0.2) is 60.4 Å². The maximum Gasteiger partial charge on any atom is 0.322 e. The van der Waals surface area contributed by atoms with E-state index < -0.39 is 18.0 Å². The van der Waals surface area contributed by atoms with E-state index in [2.05, 4.69) is 39.8 Å². The molecule has 26 heavy (non-hydrogen) atoms. The lowest BCUT2D eigenvalue weighted by atomic mass is 9.95. The Labute approximate surface area is 153 Å². The Balaban J connectivity index is 1.40. The summed E-state index contributed by atoms with van der Waals surface area (Å²) in [6.45, 7) is 3.73. The van der Waals surface area contributed by atoms with Crippen LogP contribution in [-0.2, 0) is 16.1 Å². The Kier molecular flexibility index (Phi) is 5.88. The van der Waals surface area contributed by atoms with Crippen molar-refractivity contribution in [3.8, 4) is 0 Å². The van der Waals surface area contributed by atoms with Gasteiger partial charge < -0.3 is 10.2 Å². The Bertz CT molecular complexity index is 656. The molecule has 2 aliphatic rings. The first-order valence-electron chi connectivity index (χ1n) is 9.13. The van der Waals surface area contributed by atoms with Crippen LogP contribution < -0.4 is 10.6 Å². The number of nitrogens with one attached hydrogen (secondary N) is 2. The fraction of sp³-hybridized carbons (Fsp3) is 0.526. The van der Waals surface area contributed by atoms with E-state index in [1.807, 2.05) is 6.07 Å². The summed E-state index contributed by atoms with van der Waals surface area (Å²) in [6.07, 6.45) is 2.14. The van der Waals surface area contributed by atoms with Crippen LogP contribution in [0.15, 0.2) is 30.3 Å². The Morgan fingerprint density at radius 3 is 2.50 bits per heavy atom. The molecule has 140 valence electrons. The lowest BCUT2D eigenvalue weighted by molar-refractivity contribution is -0.133. The van der Waals surface area contributed by atoms with Gasteiger partial charge in [0.2, 0.25) is 5.91 Å². The van der Waals surface area contributed by atoms with Gasteiger partial charge in [0.25, 0.3) is 5.91 Å². The van der Waals surface area contributed by atoms with Gasteiger partial charge in [0.05, 0.1) is 6.42 Å². The predicted molar refractivity (Wildman–Crippen MR) is 97.2 cm³/mol. The Morgan fingerprint density at radius 1 is 1.19 bits per heavy atom. The fourth-order valence-corrected chi connectivity index (χ4v) is 3.59. The summed E-state index contributed by atoms with van der Waals surface area (Å²) in [4.78, 5) is 39.1. The van der Waals surface area contributed by atoms with Crippen LogP contribution in [0.2, 0.25) is 0 Å². The summed E-state index contributed by atoms with van der Waals surface area (Å²) in [5, 5.41) is 4.62. The number of nitrogens with zero attached hydrogens (tertiary/aromatic N) is 2.